The smallest absolute Gasteiger partial charge is 0.277 e. The molecule has 2 heterocycles. The summed E-state index contributed by atoms with van der Waals surface area (Å²) in [5.74, 6) is 0.558. The minimum absolute atomic E-state index is 0.0982. The number of fused-ring (bicyclic) bond motifs is 1. The summed E-state index contributed by atoms with van der Waals surface area (Å²) in [6, 6.07) is 7.88. The van der Waals surface area contributed by atoms with E-state index in [1.54, 1.807) is 7.11 Å². The number of benzene rings is 1. The fourth-order valence-corrected chi connectivity index (χ4v) is 2.69. The number of H-pyrrole nitrogens is 1. The molecule has 0 fully saturated rings. The van der Waals surface area contributed by atoms with Gasteiger partial charge >= 0.3 is 0 Å². The van der Waals surface area contributed by atoms with E-state index in [4.69, 9.17) is 9.15 Å². The van der Waals surface area contributed by atoms with Crippen molar-refractivity contribution in [3.63, 3.8) is 0 Å². The first-order chi connectivity index (χ1) is 11.3. The van der Waals surface area contributed by atoms with Gasteiger partial charge in [0.05, 0.1) is 17.9 Å². The van der Waals surface area contributed by atoms with Crippen molar-refractivity contribution in [1.29, 1.82) is 0 Å². The number of hydrogen-bond donors (Lipinski definition) is 2. The summed E-state index contributed by atoms with van der Waals surface area (Å²) in [5.41, 5.74) is 1.86. The third-order valence-electron chi connectivity index (χ3n) is 3.18. The summed E-state index contributed by atoms with van der Waals surface area (Å²) in [7, 11) is 1.59. The van der Waals surface area contributed by atoms with Gasteiger partial charge in [-0.1, -0.05) is 30.0 Å². The molecule has 0 aliphatic rings. The van der Waals surface area contributed by atoms with Gasteiger partial charge in [-0.3, -0.25) is 4.79 Å². The lowest BCUT2D eigenvalue weighted by molar-refractivity contribution is -0.118. The maximum absolute atomic E-state index is 11.6. The second-order valence-electron chi connectivity index (χ2n) is 4.75. The fraction of sp³-hybridized carbons (Fsp3) is 0.267. The van der Waals surface area contributed by atoms with E-state index in [9.17, 15) is 4.79 Å². The zero-order chi connectivity index (χ0) is 16.1. The molecule has 0 spiro atoms. The molecular weight excluding hydrogens is 316 g/mol. The van der Waals surface area contributed by atoms with E-state index >= 15 is 0 Å². The van der Waals surface area contributed by atoms with Gasteiger partial charge in [0, 0.05) is 30.8 Å². The molecule has 0 radical (unpaired) electrons. The maximum atomic E-state index is 11.6. The Kier molecular flexibility index (Phi) is 4.94. The number of nitrogens with one attached hydrogen (secondary N) is 2. The van der Waals surface area contributed by atoms with Gasteiger partial charge in [-0.25, -0.2) is 0 Å². The van der Waals surface area contributed by atoms with Crippen molar-refractivity contribution in [3.05, 3.63) is 30.5 Å². The van der Waals surface area contributed by atoms with E-state index in [2.05, 4.69) is 20.5 Å². The van der Waals surface area contributed by atoms with Crippen LogP contribution in [0.1, 0.15) is 0 Å². The zero-order valence-corrected chi connectivity index (χ0v) is 13.4. The van der Waals surface area contributed by atoms with Crippen molar-refractivity contribution in [2.24, 2.45) is 0 Å². The van der Waals surface area contributed by atoms with Crippen molar-refractivity contribution < 1.29 is 13.9 Å². The van der Waals surface area contributed by atoms with Crippen molar-refractivity contribution in [2.45, 2.75) is 5.22 Å². The molecule has 3 rings (SSSR count). The molecule has 1 aromatic carbocycles. The van der Waals surface area contributed by atoms with Gasteiger partial charge in [0.15, 0.2) is 0 Å². The molecule has 8 heteroatoms. The number of para-hydroxylation sites is 1. The molecular formula is C15H16N4O3S. The molecule has 2 N–H and O–H groups in total. The van der Waals surface area contributed by atoms with Crippen molar-refractivity contribution in [3.8, 4) is 11.5 Å². The summed E-state index contributed by atoms with van der Waals surface area (Å²) < 4.78 is 10.5. The lowest BCUT2D eigenvalue weighted by atomic mass is 10.2. The second-order valence-corrected chi connectivity index (χ2v) is 5.68. The Labute approximate surface area is 136 Å². The molecule has 1 amide bonds. The summed E-state index contributed by atoms with van der Waals surface area (Å²) >= 11 is 1.21. The number of methoxy groups -OCH3 is 1. The predicted molar refractivity (Wildman–Crippen MR) is 87.2 cm³/mol. The molecule has 0 atom stereocenters. The van der Waals surface area contributed by atoms with Crippen LogP contribution in [0.2, 0.25) is 0 Å². The second kappa shape index (κ2) is 7.30. The number of hydrogen-bond acceptors (Lipinski definition) is 6. The van der Waals surface area contributed by atoms with Crippen molar-refractivity contribution >= 4 is 28.6 Å². The molecule has 0 aliphatic carbocycles. The number of amides is 1. The first-order valence-electron chi connectivity index (χ1n) is 7.06. The zero-order valence-electron chi connectivity index (χ0n) is 12.5. The number of aromatic amines is 1. The van der Waals surface area contributed by atoms with E-state index in [1.165, 1.54) is 11.8 Å². The first kappa shape index (κ1) is 15.6. The van der Waals surface area contributed by atoms with Crippen molar-refractivity contribution in [1.82, 2.24) is 20.5 Å². The highest BCUT2D eigenvalue weighted by molar-refractivity contribution is 7.99. The highest BCUT2D eigenvalue weighted by Gasteiger charge is 2.14. The van der Waals surface area contributed by atoms with Gasteiger partial charge in [0.25, 0.3) is 11.1 Å². The van der Waals surface area contributed by atoms with Crippen LogP contribution in [0.15, 0.2) is 40.1 Å². The van der Waals surface area contributed by atoms with Crippen LogP contribution in [0, 0.1) is 0 Å². The third-order valence-corrected chi connectivity index (χ3v) is 4.00. The largest absolute Gasteiger partial charge is 0.411 e. The van der Waals surface area contributed by atoms with E-state index in [-0.39, 0.29) is 11.7 Å². The summed E-state index contributed by atoms with van der Waals surface area (Å²) in [6.45, 7) is 0.974. The quantitative estimate of drug-likeness (QED) is 0.508. The summed E-state index contributed by atoms with van der Waals surface area (Å²) in [5, 5.41) is 12.1. The van der Waals surface area contributed by atoms with E-state index in [0.717, 1.165) is 16.5 Å². The van der Waals surface area contributed by atoms with Crippen molar-refractivity contribution in [2.75, 3.05) is 26.0 Å². The van der Waals surface area contributed by atoms with Gasteiger partial charge in [0.1, 0.15) is 0 Å². The van der Waals surface area contributed by atoms with Gasteiger partial charge in [0.2, 0.25) is 5.91 Å². The Morgan fingerprint density at radius 2 is 2.26 bits per heavy atom. The van der Waals surface area contributed by atoms with Crippen LogP contribution < -0.4 is 5.32 Å². The average Bonchev–Trinajstić information content (AvgIpc) is 3.19. The maximum Gasteiger partial charge on any atom is 0.277 e. The molecule has 3 aromatic rings. The number of carbonyl (C=O) groups is 1. The van der Waals surface area contributed by atoms with Gasteiger partial charge in [-0.05, 0) is 6.07 Å². The molecule has 2 aromatic heterocycles. The number of rotatable bonds is 7. The van der Waals surface area contributed by atoms with Crippen LogP contribution in [0.25, 0.3) is 22.4 Å². The van der Waals surface area contributed by atoms with Crippen LogP contribution >= 0.6 is 11.8 Å². The average molecular weight is 332 g/mol. The molecule has 23 heavy (non-hydrogen) atoms. The number of ether oxygens (including phenoxy) is 1. The van der Waals surface area contributed by atoms with Gasteiger partial charge < -0.3 is 19.5 Å². The molecule has 0 aliphatic heterocycles. The Morgan fingerprint density at radius 3 is 3.13 bits per heavy atom. The number of carbonyl (C=O) groups excluding carboxylic acids is 1. The molecule has 120 valence electrons. The molecule has 0 bridgehead atoms. The topological polar surface area (TPSA) is 93.0 Å². The lowest BCUT2D eigenvalue weighted by Crippen LogP contribution is -2.28. The predicted octanol–water partition coefficient (Wildman–Crippen LogP) is 2.07. The van der Waals surface area contributed by atoms with Gasteiger partial charge in [-0.15, -0.1) is 10.2 Å². The normalized spacial score (nSPS) is 11.0. The number of nitrogens with zero attached hydrogens (tertiary/aromatic N) is 2. The van der Waals surface area contributed by atoms with E-state index in [1.807, 2.05) is 30.5 Å². The van der Waals surface area contributed by atoms with E-state index < -0.39 is 0 Å². The van der Waals surface area contributed by atoms with Crippen LogP contribution in [0.4, 0.5) is 0 Å². The first-order valence-corrected chi connectivity index (χ1v) is 8.05. The Balaban J connectivity index is 1.63. The SMILES string of the molecule is COCCNC(=O)CSc1nnc(-c2c[nH]c3ccccc23)o1. The highest BCUT2D eigenvalue weighted by atomic mass is 32.2. The van der Waals surface area contributed by atoms with E-state index in [0.29, 0.717) is 24.3 Å². The molecule has 0 unspecified atom stereocenters. The lowest BCUT2D eigenvalue weighted by Gasteiger charge is -2.02. The van der Waals surface area contributed by atoms with Crippen LogP contribution in [-0.4, -0.2) is 47.1 Å². The molecule has 0 saturated carbocycles. The number of thioether (sulfide) groups is 1. The molecule has 7 nitrogen and oxygen atoms in total. The Hall–Kier alpha value is -2.32. The third kappa shape index (κ3) is 3.72. The minimum Gasteiger partial charge on any atom is -0.411 e. The Morgan fingerprint density at radius 1 is 1.39 bits per heavy atom. The van der Waals surface area contributed by atoms with Crippen LogP contribution in [-0.2, 0) is 9.53 Å². The van der Waals surface area contributed by atoms with Crippen LogP contribution in [0.3, 0.4) is 0 Å². The highest BCUT2D eigenvalue weighted by Crippen LogP contribution is 2.29. The standard InChI is InChI=1S/C15H16N4O3S/c1-21-7-6-16-13(20)9-23-15-19-18-14(22-15)11-8-17-12-5-3-2-4-10(11)12/h2-5,8,17H,6-7,9H2,1H3,(H,16,20). The summed E-state index contributed by atoms with van der Waals surface area (Å²) in [6.07, 6.45) is 1.84. The minimum atomic E-state index is -0.0982. The fourth-order valence-electron chi connectivity index (χ4n) is 2.10. The van der Waals surface area contributed by atoms with Gasteiger partial charge in [-0.2, -0.15) is 0 Å². The number of aromatic nitrogens is 3. The summed E-state index contributed by atoms with van der Waals surface area (Å²) in [4.78, 5) is 14.8. The Bertz CT molecular complexity index is 799. The van der Waals surface area contributed by atoms with Crippen LogP contribution in [0.5, 0.6) is 0 Å². The monoisotopic (exact) mass is 332 g/mol. The molecule has 0 saturated heterocycles.